The Hall–Kier alpha value is -2.08. The third-order valence-electron chi connectivity index (χ3n) is 6.74. The number of carbonyl (C=O) groups is 1. The van der Waals surface area contributed by atoms with Crippen LogP contribution in [0.3, 0.4) is 0 Å². The molecule has 1 amide bonds. The fraction of sp³-hybridized carbons (Fsp3) is 0.652. The van der Waals surface area contributed by atoms with Crippen molar-refractivity contribution in [2.24, 2.45) is 17.0 Å². The third-order valence-corrected chi connectivity index (χ3v) is 6.74. The molecule has 3 aliphatic heterocycles. The number of fused-ring (bicyclic) bond motifs is 3. The first-order chi connectivity index (χ1) is 14.2. The van der Waals surface area contributed by atoms with Gasteiger partial charge in [-0.1, -0.05) is 24.2 Å². The Morgan fingerprint density at radius 2 is 1.90 bits per heavy atom. The van der Waals surface area contributed by atoms with Crippen molar-refractivity contribution in [1.82, 2.24) is 4.90 Å². The summed E-state index contributed by atoms with van der Waals surface area (Å²) in [7, 11) is 0. The van der Waals surface area contributed by atoms with E-state index in [1.165, 1.54) is 31.4 Å². The van der Waals surface area contributed by atoms with E-state index in [0.717, 1.165) is 49.9 Å². The summed E-state index contributed by atoms with van der Waals surface area (Å²) in [5, 5.41) is 4.47. The van der Waals surface area contributed by atoms with E-state index in [4.69, 9.17) is 9.57 Å². The monoisotopic (exact) mass is 397 g/mol. The number of ether oxygens (including phenoxy) is 1. The van der Waals surface area contributed by atoms with E-state index in [1.54, 1.807) is 0 Å². The molecule has 156 valence electrons. The van der Waals surface area contributed by atoms with Crippen LogP contribution in [0.4, 0.5) is 5.69 Å². The van der Waals surface area contributed by atoms with Crippen molar-refractivity contribution >= 4 is 17.3 Å². The first-order valence-electron chi connectivity index (χ1n) is 11.1. The van der Waals surface area contributed by atoms with Crippen molar-refractivity contribution in [2.75, 3.05) is 31.2 Å². The van der Waals surface area contributed by atoms with Crippen LogP contribution >= 0.6 is 0 Å². The molecule has 6 heteroatoms. The van der Waals surface area contributed by atoms with E-state index >= 15 is 0 Å². The Kier molecular flexibility index (Phi) is 5.20. The van der Waals surface area contributed by atoms with E-state index in [9.17, 15) is 4.79 Å². The standard InChI is InChI=1S/C23H31N3O3/c1-16(13-26-21-4-2-3-5-22(21)28-15-23(26)27)12-25-19-8-9-20(25)11-18(10-19)24-29-14-17-6-7-17/h2-5,16-17,19-20H,6-15H2,1H3/t16-,19?,20?/m1/s1. The quantitative estimate of drug-likeness (QED) is 0.661. The minimum atomic E-state index is 0.0550. The molecule has 3 atom stereocenters. The third kappa shape index (κ3) is 4.13. The Morgan fingerprint density at radius 1 is 1.14 bits per heavy atom. The summed E-state index contributed by atoms with van der Waals surface area (Å²) in [5.74, 6) is 2.02. The Labute approximate surface area is 172 Å². The predicted molar refractivity (Wildman–Crippen MR) is 112 cm³/mol. The minimum Gasteiger partial charge on any atom is -0.482 e. The molecule has 0 spiro atoms. The molecule has 2 unspecified atom stereocenters. The zero-order chi connectivity index (χ0) is 19.8. The largest absolute Gasteiger partial charge is 0.482 e. The van der Waals surface area contributed by atoms with Crippen molar-refractivity contribution in [1.29, 1.82) is 0 Å². The maximum absolute atomic E-state index is 12.5. The van der Waals surface area contributed by atoms with Gasteiger partial charge in [-0.15, -0.1) is 0 Å². The molecule has 3 fully saturated rings. The molecule has 0 aromatic heterocycles. The molecule has 5 rings (SSSR count). The number of amides is 1. The lowest BCUT2D eigenvalue weighted by Crippen LogP contribution is -2.48. The summed E-state index contributed by atoms with van der Waals surface area (Å²) < 4.78 is 5.58. The molecule has 2 saturated heterocycles. The van der Waals surface area contributed by atoms with Gasteiger partial charge in [0.05, 0.1) is 11.4 Å². The van der Waals surface area contributed by atoms with Crippen molar-refractivity contribution in [3.05, 3.63) is 24.3 Å². The summed E-state index contributed by atoms with van der Waals surface area (Å²) in [6.45, 7) is 4.96. The number of benzene rings is 1. The van der Waals surface area contributed by atoms with Gasteiger partial charge in [-0.2, -0.15) is 0 Å². The fourth-order valence-electron chi connectivity index (χ4n) is 5.06. The van der Waals surface area contributed by atoms with Crippen LogP contribution in [0.2, 0.25) is 0 Å². The van der Waals surface area contributed by atoms with Gasteiger partial charge in [-0.05, 0) is 49.7 Å². The van der Waals surface area contributed by atoms with Gasteiger partial charge in [0, 0.05) is 38.0 Å². The van der Waals surface area contributed by atoms with Crippen molar-refractivity contribution < 1.29 is 14.4 Å². The number of anilines is 1. The highest BCUT2D eigenvalue weighted by Crippen LogP contribution is 2.36. The molecule has 1 aliphatic carbocycles. The molecule has 1 aromatic rings. The molecule has 2 bridgehead atoms. The predicted octanol–water partition coefficient (Wildman–Crippen LogP) is 3.46. The Balaban J connectivity index is 1.18. The van der Waals surface area contributed by atoms with Crippen LogP contribution in [0, 0.1) is 11.8 Å². The smallest absolute Gasteiger partial charge is 0.265 e. The van der Waals surface area contributed by atoms with E-state index in [0.29, 0.717) is 18.0 Å². The lowest BCUT2D eigenvalue weighted by molar-refractivity contribution is -0.121. The maximum Gasteiger partial charge on any atom is 0.265 e. The molecule has 3 heterocycles. The number of oxime groups is 1. The van der Waals surface area contributed by atoms with Crippen molar-refractivity contribution in [3.63, 3.8) is 0 Å². The Bertz CT molecular complexity index is 775. The highest BCUT2D eigenvalue weighted by molar-refractivity contribution is 5.97. The maximum atomic E-state index is 12.5. The first kappa shape index (κ1) is 18.9. The van der Waals surface area contributed by atoms with Gasteiger partial charge in [-0.25, -0.2) is 0 Å². The lowest BCUT2D eigenvalue weighted by atomic mass is 9.98. The number of carbonyl (C=O) groups excluding carboxylic acids is 1. The average molecular weight is 398 g/mol. The van der Waals surface area contributed by atoms with Gasteiger partial charge in [0.2, 0.25) is 0 Å². The van der Waals surface area contributed by atoms with Crippen LogP contribution in [0.15, 0.2) is 29.4 Å². The van der Waals surface area contributed by atoms with Gasteiger partial charge in [0.25, 0.3) is 5.91 Å². The molecular weight excluding hydrogens is 366 g/mol. The fourth-order valence-corrected chi connectivity index (χ4v) is 5.06. The minimum absolute atomic E-state index is 0.0550. The highest BCUT2D eigenvalue weighted by Gasteiger charge is 2.40. The summed E-state index contributed by atoms with van der Waals surface area (Å²) in [4.78, 5) is 22.7. The van der Waals surface area contributed by atoms with Crippen LogP contribution in [0.25, 0.3) is 0 Å². The van der Waals surface area contributed by atoms with Crippen LogP contribution in [-0.2, 0) is 9.63 Å². The highest BCUT2D eigenvalue weighted by atomic mass is 16.6. The normalized spacial score (nSPS) is 27.4. The molecule has 6 nitrogen and oxygen atoms in total. The number of nitrogens with zero attached hydrogens (tertiary/aromatic N) is 3. The van der Waals surface area contributed by atoms with Crippen LogP contribution in [-0.4, -0.2) is 54.9 Å². The molecule has 1 saturated carbocycles. The van der Waals surface area contributed by atoms with Crippen LogP contribution in [0.1, 0.15) is 45.4 Å². The topological polar surface area (TPSA) is 54.4 Å². The second-order valence-corrected chi connectivity index (χ2v) is 9.25. The SMILES string of the molecule is C[C@@H](CN1C(=O)COc2ccccc21)CN1C2CCC1CC(=NOCC1CC1)C2. The van der Waals surface area contributed by atoms with Gasteiger partial charge in [-0.3, -0.25) is 9.69 Å². The number of piperidine rings is 1. The Morgan fingerprint density at radius 3 is 2.66 bits per heavy atom. The average Bonchev–Trinajstić information content (AvgIpc) is 3.51. The summed E-state index contributed by atoms with van der Waals surface area (Å²) in [6, 6.07) is 8.99. The molecule has 0 radical (unpaired) electrons. The van der Waals surface area contributed by atoms with E-state index in [-0.39, 0.29) is 12.5 Å². The zero-order valence-corrected chi connectivity index (χ0v) is 17.3. The van der Waals surface area contributed by atoms with E-state index in [1.807, 2.05) is 29.2 Å². The lowest BCUT2D eigenvalue weighted by Gasteiger charge is -2.38. The van der Waals surface area contributed by atoms with Gasteiger partial charge in [0.1, 0.15) is 12.4 Å². The second kappa shape index (κ2) is 7.98. The molecular formula is C23H31N3O3. The van der Waals surface area contributed by atoms with Crippen molar-refractivity contribution in [3.8, 4) is 5.75 Å². The summed E-state index contributed by atoms with van der Waals surface area (Å²) in [6.07, 6.45) is 7.17. The molecule has 4 aliphatic rings. The van der Waals surface area contributed by atoms with Crippen LogP contribution in [0.5, 0.6) is 5.75 Å². The second-order valence-electron chi connectivity index (χ2n) is 9.25. The molecule has 1 aromatic carbocycles. The van der Waals surface area contributed by atoms with Gasteiger partial charge in [0.15, 0.2) is 6.61 Å². The number of para-hydroxylation sites is 2. The zero-order valence-electron chi connectivity index (χ0n) is 17.3. The van der Waals surface area contributed by atoms with Gasteiger partial charge >= 0.3 is 0 Å². The van der Waals surface area contributed by atoms with E-state index in [2.05, 4.69) is 17.0 Å². The summed E-state index contributed by atoms with van der Waals surface area (Å²) in [5.41, 5.74) is 2.15. The summed E-state index contributed by atoms with van der Waals surface area (Å²) >= 11 is 0. The first-order valence-corrected chi connectivity index (χ1v) is 11.1. The number of hydrogen-bond acceptors (Lipinski definition) is 5. The number of hydrogen-bond donors (Lipinski definition) is 0. The number of rotatable bonds is 7. The van der Waals surface area contributed by atoms with Crippen LogP contribution < -0.4 is 9.64 Å². The van der Waals surface area contributed by atoms with E-state index < -0.39 is 0 Å². The van der Waals surface area contributed by atoms with Crippen molar-refractivity contribution in [2.45, 2.75) is 57.5 Å². The molecule has 0 N–H and O–H groups in total. The van der Waals surface area contributed by atoms with Gasteiger partial charge < -0.3 is 14.5 Å². The molecule has 29 heavy (non-hydrogen) atoms.